The number of nitrogens with one attached hydrogen (secondary N) is 1. The summed E-state index contributed by atoms with van der Waals surface area (Å²) in [5.74, 6) is -2.02. The van der Waals surface area contributed by atoms with Crippen molar-refractivity contribution in [2.75, 3.05) is 5.32 Å². The molecular formula is C12H16F2N2O. The van der Waals surface area contributed by atoms with Gasteiger partial charge in [0.2, 0.25) is 5.91 Å². The van der Waals surface area contributed by atoms with E-state index in [0.717, 1.165) is 12.1 Å². The minimum Gasteiger partial charge on any atom is -0.326 e. The number of hydrogen-bond donors (Lipinski definition) is 2. The Kier molecular flexibility index (Phi) is 4.17. The van der Waals surface area contributed by atoms with Crippen molar-refractivity contribution in [2.45, 2.75) is 32.2 Å². The highest BCUT2D eigenvalue weighted by molar-refractivity contribution is 5.90. The Balaban J connectivity index is 2.63. The Labute approximate surface area is 99.0 Å². The summed E-state index contributed by atoms with van der Waals surface area (Å²) in [4.78, 5) is 11.5. The maximum absolute atomic E-state index is 13.2. The first kappa shape index (κ1) is 13.6. The molecule has 0 aliphatic heterocycles. The largest absolute Gasteiger partial charge is 0.326 e. The standard InChI is InChI=1S/C12H16F2N2O/c1-12(2,15)7-6-10(17)16-11-8(13)4-3-5-9(11)14/h3-5H,6-7,15H2,1-2H3,(H,16,17). The quantitative estimate of drug-likeness (QED) is 0.852. The molecule has 1 amide bonds. The number of amides is 1. The molecule has 3 N–H and O–H groups in total. The van der Waals surface area contributed by atoms with E-state index >= 15 is 0 Å². The van der Waals surface area contributed by atoms with Crippen molar-refractivity contribution in [2.24, 2.45) is 5.73 Å². The molecule has 0 saturated heterocycles. The van der Waals surface area contributed by atoms with Crippen LogP contribution in [-0.2, 0) is 4.79 Å². The SMILES string of the molecule is CC(C)(N)CCC(=O)Nc1c(F)cccc1F. The number of nitrogens with two attached hydrogens (primary N) is 1. The van der Waals surface area contributed by atoms with Crippen molar-refractivity contribution < 1.29 is 13.6 Å². The van der Waals surface area contributed by atoms with E-state index in [4.69, 9.17) is 5.73 Å². The summed E-state index contributed by atoms with van der Waals surface area (Å²) < 4.78 is 26.4. The van der Waals surface area contributed by atoms with Crippen LogP contribution >= 0.6 is 0 Å². The van der Waals surface area contributed by atoms with Gasteiger partial charge in [0.25, 0.3) is 0 Å². The third-order valence-corrected chi connectivity index (χ3v) is 2.22. The number of halogens is 2. The van der Waals surface area contributed by atoms with Gasteiger partial charge in [-0.05, 0) is 32.4 Å². The molecule has 0 radical (unpaired) electrons. The average molecular weight is 242 g/mol. The molecule has 0 spiro atoms. The lowest BCUT2D eigenvalue weighted by Crippen LogP contribution is -2.33. The summed E-state index contributed by atoms with van der Waals surface area (Å²) in [7, 11) is 0. The van der Waals surface area contributed by atoms with E-state index < -0.39 is 28.8 Å². The molecule has 0 fully saturated rings. The molecule has 1 aromatic rings. The van der Waals surface area contributed by atoms with Crippen molar-refractivity contribution in [3.8, 4) is 0 Å². The Hall–Kier alpha value is -1.49. The van der Waals surface area contributed by atoms with Gasteiger partial charge in [0.15, 0.2) is 0 Å². The van der Waals surface area contributed by atoms with E-state index in [1.165, 1.54) is 6.07 Å². The maximum Gasteiger partial charge on any atom is 0.224 e. The summed E-state index contributed by atoms with van der Waals surface area (Å²) in [6.45, 7) is 3.56. The summed E-state index contributed by atoms with van der Waals surface area (Å²) in [5.41, 5.74) is 4.82. The number of anilines is 1. The first-order chi connectivity index (χ1) is 7.79. The van der Waals surface area contributed by atoms with Gasteiger partial charge in [-0.2, -0.15) is 0 Å². The molecule has 0 saturated carbocycles. The van der Waals surface area contributed by atoms with Gasteiger partial charge in [0, 0.05) is 12.0 Å². The van der Waals surface area contributed by atoms with Crippen LogP contribution in [0.1, 0.15) is 26.7 Å². The summed E-state index contributed by atoms with van der Waals surface area (Å²) in [5, 5.41) is 2.21. The highest BCUT2D eigenvalue weighted by Crippen LogP contribution is 2.18. The molecule has 5 heteroatoms. The number of rotatable bonds is 4. The number of carbonyl (C=O) groups is 1. The first-order valence-corrected chi connectivity index (χ1v) is 5.32. The highest BCUT2D eigenvalue weighted by atomic mass is 19.1. The molecule has 3 nitrogen and oxygen atoms in total. The molecule has 0 aliphatic rings. The second kappa shape index (κ2) is 5.23. The smallest absolute Gasteiger partial charge is 0.224 e. The van der Waals surface area contributed by atoms with Crippen LogP contribution in [-0.4, -0.2) is 11.4 Å². The van der Waals surface area contributed by atoms with Crippen molar-refractivity contribution >= 4 is 11.6 Å². The van der Waals surface area contributed by atoms with Crippen LogP contribution in [0.2, 0.25) is 0 Å². The molecule has 1 aromatic carbocycles. The zero-order chi connectivity index (χ0) is 13.1. The number of hydrogen-bond acceptors (Lipinski definition) is 2. The molecule has 0 bridgehead atoms. The van der Waals surface area contributed by atoms with Gasteiger partial charge < -0.3 is 11.1 Å². The van der Waals surface area contributed by atoms with Gasteiger partial charge in [-0.3, -0.25) is 4.79 Å². The molecule has 0 unspecified atom stereocenters. The second-order valence-corrected chi connectivity index (χ2v) is 4.63. The van der Waals surface area contributed by atoms with E-state index in [-0.39, 0.29) is 6.42 Å². The normalized spacial score (nSPS) is 11.4. The number of benzene rings is 1. The third-order valence-electron chi connectivity index (χ3n) is 2.22. The monoisotopic (exact) mass is 242 g/mol. The van der Waals surface area contributed by atoms with Gasteiger partial charge in [-0.15, -0.1) is 0 Å². The summed E-state index contributed by atoms with van der Waals surface area (Å²) in [6, 6.07) is 3.42. The van der Waals surface area contributed by atoms with Crippen LogP contribution < -0.4 is 11.1 Å². The highest BCUT2D eigenvalue weighted by Gasteiger charge is 2.15. The molecule has 17 heavy (non-hydrogen) atoms. The van der Waals surface area contributed by atoms with Crippen LogP contribution in [0.3, 0.4) is 0 Å². The fourth-order valence-electron chi connectivity index (χ4n) is 1.25. The fourth-order valence-corrected chi connectivity index (χ4v) is 1.25. The molecule has 0 atom stereocenters. The Morgan fingerprint density at radius 3 is 2.35 bits per heavy atom. The average Bonchev–Trinajstić information content (AvgIpc) is 2.20. The van der Waals surface area contributed by atoms with E-state index in [0.29, 0.717) is 6.42 Å². The predicted octanol–water partition coefficient (Wildman–Crippen LogP) is 2.42. The van der Waals surface area contributed by atoms with Crippen LogP contribution in [0.4, 0.5) is 14.5 Å². The minimum absolute atomic E-state index is 0.122. The zero-order valence-electron chi connectivity index (χ0n) is 9.89. The van der Waals surface area contributed by atoms with Gasteiger partial charge in [0.1, 0.15) is 17.3 Å². The lowest BCUT2D eigenvalue weighted by molar-refractivity contribution is -0.116. The number of carbonyl (C=O) groups excluding carboxylic acids is 1. The van der Waals surface area contributed by atoms with Crippen molar-refractivity contribution in [1.29, 1.82) is 0 Å². The Morgan fingerprint density at radius 1 is 1.35 bits per heavy atom. The molecule has 0 heterocycles. The van der Waals surface area contributed by atoms with Crippen molar-refractivity contribution in [3.05, 3.63) is 29.8 Å². The lowest BCUT2D eigenvalue weighted by atomic mass is 10.00. The Bertz CT molecular complexity index is 393. The van der Waals surface area contributed by atoms with Crippen molar-refractivity contribution in [3.63, 3.8) is 0 Å². The van der Waals surface area contributed by atoms with Crippen LogP contribution in [0.15, 0.2) is 18.2 Å². The van der Waals surface area contributed by atoms with Gasteiger partial charge in [0.05, 0.1) is 0 Å². The first-order valence-electron chi connectivity index (χ1n) is 5.32. The fraction of sp³-hybridized carbons (Fsp3) is 0.417. The van der Waals surface area contributed by atoms with Gasteiger partial charge in [-0.25, -0.2) is 8.78 Å². The number of para-hydroxylation sites is 1. The molecular weight excluding hydrogens is 226 g/mol. The summed E-state index contributed by atoms with van der Waals surface area (Å²) >= 11 is 0. The maximum atomic E-state index is 13.2. The Morgan fingerprint density at radius 2 is 1.88 bits per heavy atom. The lowest BCUT2D eigenvalue weighted by Gasteiger charge is -2.17. The topological polar surface area (TPSA) is 55.1 Å². The summed E-state index contributed by atoms with van der Waals surface area (Å²) in [6.07, 6.45) is 0.562. The second-order valence-electron chi connectivity index (χ2n) is 4.63. The van der Waals surface area contributed by atoms with E-state index in [2.05, 4.69) is 5.32 Å². The van der Waals surface area contributed by atoms with Crippen LogP contribution in [0, 0.1) is 11.6 Å². The van der Waals surface area contributed by atoms with Gasteiger partial charge >= 0.3 is 0 Å². The van der Waals surface area contributed by atoms with E-state index in [9.17, 15) is 13.6 Å². The predicted molar refractivity (Wildman–Crippen MR) is 62.5 cm³/mol. The van der Waals surface area contributed by atoms with E-state index in [1.807, 2.05) is 0 Å². The van der Waals surface area contributed by atoms with E-state index in [1.54, 1.807) is 13.8 Å². The van der Waals surface area contributed by atoms with Crippen LogP contribution in [0.25, 0.3) is 0 Å². The van der Waals surface area contributed by atoms with Crippen molar-refractivity contribution in [1.82, 2.24) is 0 Å². The molecule has 1 rings (SSSR count). The van der Waals surface area contributed by atoms with Crippen LogP contribution in [0.5, 0.6) is 0 Å². The zero-order valence-corrected chi connectivity index (χ0v) is 9.89. The molecule has 0 aromatic heterocycles. The molecule has 94 valence electrons. The van der Waals surface area contributed by atoms with Gasteiger partial charge in [-0.1, -0.05) is 6.07 Å². The third kappa shape index (κ3) is 4.48. The minimum atomic E-state index is -0.787. The molecule has 0 aliphatic carbocycles.